The second kappa shape index (κ2) is 21.6. The van der Waals surface area contributed by atoms with Crippen molar-refractivity contribution in [3.05, 3.63) is 162 Å². The number of nitrogens with one attached hydrogen (secondary N) is 2. The van der Waals surface area contributed by atoms with Gasteiger partial charge >= 0.3 is 0 Å². The van der Waals surface area contributed by atoms with Gasteiger partial charge in [-0.25, -0.2) is 9.97 Å². The van der Waals surface area contributed by atoms with Gasteiger partial charge in [0.1, 0.15) is 0 Å². The highest BCUT2D eigenvalue weighted by molar-refractivity contribution is 6.09. The lowest BCUT2D eigenvalue weighted by Gasteiger charge is -2.26. The van der Waals surface area contributed by atoms with Crippen molar-refractivity contribution in [2.24, 2.45) is 0 Å². The first kappa shape index (κ1) is 65.9. The van der Waals surface area contributed by atoms with Crippen LogP contribution in [0.15, 0.2) is 72.8 Å². The fraction of sp³-hybridized carbons (Fsp3) is 0.476. The first-order valence-electron chi connectivity index (χ1n) is 32.8. The molecule has 3 aromatic heterocycles. The molecule has 4 aromatic carbocycles. The van der Waals surface area contributed by atoms with Crippen molar-refractivity contribution in [2.75, 3.05) is 0 Å². The summed E-state index contributed by atoms with van der Waals surface area (Å²) in [7, 11) is 0. The third kappa shape index (κ3) is 12.1. The van der Waals surface area contributed by atoms with Crippen molar-refractivity contribution in [3.8, 4) is 44.5 Å². The summed E-state index contributed by atoms with van der Waals surface area (Å²) in [6.45, 7) is 75.1. The van der Waals surface area contributed by atoms with E-state index in [0.29, 0.717) is 0 Å². The van der Waals surface area contributed by atoms with Crippen LogP contribution in [-0.2, 0) is 43.3 Å². The maximum absolute atomic E-state index is 6.24. The molecule has 0 radical (unpaired) electrons. The van der Waals surface area contributed by atoms with E-state index in [1.165, 1.54) is 111 Å². The largest absolute Gasteiger partial charge is 0.354 e. The molecule has 0 fully saturated rings. The second-order valence-electron chi connectivity index (χ2n) is 35.1. The van der Waals surface area contributed by atoms with Crippen LogP contribution in [0.4, 0.5) is 0 Å². The van der Waals surface area contributed by atoms with Crippen LogP contribution in [0.1, 0.15) is 283 Å². The second-order valence-corrected chi connectivity index (χ2v) is 35.1. The SMILES string of the molecule is CC1=C(C)c2nc1c(-c1cc(C(C)(C)C)cc(C(C)(C)C)c1)c1[nH]c(c(C)c1C)c(-c1cc(C(C)(C)C)cc(C(C)(C)C)c1)c1nc(c(-c3cc(C(C)(C)C)cc(C(C)(C)C)c3)c3[nH]c(c(C)c3C)c2-c2cc(C(C)(C)C)cc(C(C)(C)C)c2)C(C)=C1C. The summed E-state index contributed by atoms with van der Waals surface area (Å²) in [5.74, 6) is 0. The van der Waals surface area contributed by atoms with E-state index in [1.54, 1.807) is 0 Å². The molecule has 88 heavy (non-hydrogen) atoms. The maximum Gasteiger partial charge on any atom is 0.0769 e. The van der Waals surface area contributed by atoms with Crippen molar-refractivity contribution in [1.82, 2.24) is 19.9 Å². The van der Waals surface area contributed by atoms with E-state index in [1.807, 2.05) is 0 Å². The van der Waals surface area contributed by atoms with E-state index in [2.05, 4.69) is 304 Å². The number of aromatic nitrogens is 4. The Hall–Kier alpha value is -6.52. The Kier molecular flexibility index (Phi) is 16.2. The molecule has 0 aliphatic carbocycles. The number of H-pyrrole nitrogens is 2. The highest BCUT2D eigenvalue weighted by atomic mass is 14.8. The van der Waals surface area contributed by atoms with Gasteiger partial charge in [-0.15, -0.1) is 0 Å². The molecule has 2 aliphatic heterocycles. The Bertz CT molecular complexity index is 3590. The summed E-state index contributed by atoms with van der Waals surface area (Å²) in [5, 5.41) is 0. The van der Waals surface area contributed by atoms with Gasteiger partial charge in [0, 0.05) is 22.3 Å². The van der Waals surface area contributed by atoms with Crippen molar-refractivity contribution in [1.29, 1.82) is 0 Å². The minimum atomic E-state index is -0.126. The monoisotopic (exact) mass is 1170 g/mol. The van der Waals surface area contributed by atoms with Gasteiger partial charge in [0.05, 0.1) is 44.8 Å². The summed E-state index contributed by atoms with van der Waals surface area (Å²) in [6.07, 6.45) is 0. The lowest BCUT2D eigenvalue weighted by molar-refractivity contribution is 0.568. The Morgan fingerprint density at radius 3 is 0.477 bits per heavy atom. The molecule has 2 aliphatic rings. The average molecular weight is 1180 g/mol. The summed E-state index contributed by atoms with van der Waals surface area (Å²) in [5.41, 5.74) is 36.4. The Labute approximate surface area is 533 Å². The van der Waals surface area contributed by atoms with Gasteiger partial charge in [-0.1, -0.05) is 239 Å². The summed E-state index contributed by atoms with van der Waals surface area (Å²) in [6, 6.07) is 29.6. The zero-order valence-electron chi connectivity index (χ0n) is 60.8. The molecule has 4 nitrogen and oxygen atoms in total. The number of hydrogen-bond donors (Lipinski definition) is 2. The van der Waals surface area contributed by atoms with E-state index >= 15 is 0 Å². The quantitative estimate of drug-likeness (QED) is 0.185. The number of hydrogen-bond acceptors (Lipinski definition) is 2. The van der Waals surface area contributed by atoms with E-state index < -0.39 is 0 Å². The van der Waals surface area contributed by atoms with Crippen LogP contribution in [0.2, 0.25) is 0 Å². The van der Waals surface area contributed by atoms with Gasteiger partial charge in [-0.05, 0) is 210 Å². The third-order valence-electron chi connectivity index (χ3n) is 19.9. The zero-order chi connectivity index (χ0) is 65.8. The molecule has 7 aromatic rings. The van der Waals surface area contributed by atoms with Gasteiger partial charge < -0.3 is 9.97 Å². The molecular formula is C84H110N4. The Morgan fingerprint density at radius 1 is 0.216 bits per heavy atom. The molecule has 0 spiro atoms. The number of benzene rings is 4. The molecular weight excluding hydrogens is 1060 g/mol. The molecule has 466 valence electrons. The van der Waals surface area contributed by atoms with E-state index in [9.17, 15) is 0 Å². The molecule has 4 heteroatoms. The number of rotatable bonds is 4. The highest BCUT2D eigenvalue weighted by Crippen LogP contribution is 2.51. The predicted octanol–water partition coefficient (Wildman–Crippen LogP) is 24.5. The molecule has 5 heterocycles. The first-order chi connectivity index (χ1) is 40.0. The normalized spacial score (nSPS) is 14.3. The molecule has 0 saturated carbocycles. The Morgan fingerprint density at radius 2 is 0.352 bits per heavy atom. The number of aromatic amines is 2. The molecule has 8 bridgehead atoms. The first-order valence-corrected chi connectivity index (χ1v) is 32.8. The molecule has 0 amide bonds. The standard InChI is InChI=1S/C84H110N4/c1-45-46(2)70-66(54-35-59(79(15,16)17)42-60(36-54)80(18,19)20)72-49(5)50(6)74(87-72)68(56-39-63(83(27,28)29)44-64(40-56)84(30,31)32)76-52(8)51(7)75(88-76)67(55-37-61(81(21,22)23)43-62(38-55)82(24,25)26)73-48(4)47(3)71(86-73)65(69(45)85-70)53-33-57(77(9,10)11)41-58(34-53)78(12,13)14/h33-44,85,88H,1-32H3. The molecule has 9 rings (SSSR count). The van der Waals surface area contributed by atoms with Crippen LogP contribution in [0.25, 0.3) is 88.9 Å². The number of allylic oxidation sites excluding steroid dienone is 4. The summed E-state index contributed by atoms with van der Waals surface area (Å²) < 4.78 is 0. The van der Waals surface area contributed by atoms with Crippen LogP contribution in [0.5, 0.6) is 0 Å². The lowest BCUT2D eigenvalue weighted by Crippen LogP contribution is -2.16. The van der Waals surface area contributed by atoms with E-state index in [0.717, 1.165) is 67.1 Å². The van der Waals surface area contributed by atoms with Crippen molar-refractivity contribution < 1.29 is 0 Å². The van der Waals surface area contributed by atoms with Gasteiger partial charge in [0.25, 0.3) is 0 Å². The average Bonchev–Trinajstić information content (AvgIpc) is 1.65. The van der Waals surface area contributed by atoms with Crippen LogP contribution >= 0.6 is 0 Å². The van der Waals surface area contributed by atoms with Crippen LogP contribution < -0.4 is 0 Å². The molecule has 2 N–H and O–H groups in total. The van der Waals surface area contributed by atoms with Crippen LogP contribution in [0, 0.1) is 27.7 Å². The molecule has 0 atom stereocenters. The lowest BCUT2D eigenvalue weighted by atomic mass is 9.78. The van der Waals surface area contributed by atoms with Crippen LogP contribution in [0.3, 0.4) is 0 Å². The van der Waals surface area contributed by atoms with Gasteiger partial charge in [-0.3, -0.25) is 0 Å². The summed E-state index contributed by atoms with van der Waals surface area (Å²) >= 11 is 0. The van der Waals surface area contributed by atoms with Gasteiger partial charge in [0.15, 0.2) is 0 Å². The fourth-order valence-corrected chi connectivity index (χ4v) is 12.8. The third-order valence-corrected chi connectivity index (χ3v) is 19.9. The number of fused-ring (bicyclic) bond motifs is 8. The number of nitrogens with zero attached hydrogens (tertiary/aromatic N) is 2. The van der Waals surface area contributed by atoms with E-state index in [4.69, 9.17) is 9.97 Å². The zero-order valence-corrected chi connectivity index (χ0v) is 60.8. The van der Waals surface area contributed by atoms with Crippen molar-refractivity contribution in [3.63, 3.8) is 0 Å². The fourth-order valence-electron chi connectivity index (χ4n) is 12.8. The molecule has 0 saturated heterocycles. The number of aryl methyl sites for hydroxylation is 4. The van der Waals surface area contributed by atoms with Gasteiger partial charge in [0.2, 0.25) is 0 Å². The van der Waals surface area contributed by atoms with Gasteiger partial charge in [-0.2, -0.15) is 0 Å². The van der Waals surface area contributed by atoms with E-state index in [-0.39, 0.29) is 43.3 Å². The highest BCUT2D eigenvalue weighted by Gasteiger charge is 2.34. The maximum atomic E-state index is 6.24. The summed E-state index contributed by atoms with van der Waals surface area (Å²) in [4.78, 5) is 21.2. The minimum Gasteiger partial charge on any atom is -0.354 e. The predicted molar refractivity (Wildman–Crippen MR) is 388 cm³/mol. The van der Waals surface area contributed by atoms with Crippen LogP contribution in [-0.4, -0.2) is 19.9 Å². The van der Waals surface area contributed by atoms with Crippen molar-refractivity contribution >= 4 is 44.4 Å². The smallest absolute Gasteiger partial charge is 0.0769 e. The minimum absolute atomic E-state index is 0.126. The Balaban J connectivity index is 1.71. The van der Waals surface area contributed by atoms with Crippen molar-refractivity contribution in [2.45, 2.75) is 265 Å². The topological polar surface area (TPSA) is 57.4 Å². The molecule has 0 unspecified atom stereocenters.